The molecule has 1 atom stereocenters. The number of nitrogens with zero attached hydrogens (tertiary/aromatic N) is 1. The molecule has 3 N–H and O–H groups in total. The van der Waals surface area contributed by atoms with Crippen LogP contribution in [0, 0.1) is 11.8 Å². The number of hydrogen-bond donors (Lipinski definition) is 2. The van der Waals surface area contributed by atoms with E-state index in [2.05, 4.69) is 43.5 Å². The fourth-order valence-corrected chi connectivity index (χ4v) is 1.18. The standard InChI is InChI=1S/C9H19N3S/c1-6(2)5-7(3)8(4)11-12-9(10)13/h6-7H,5H2,1-4H3,(H3,10,12,13)/b11-8-. The summed E-state index contributed by atoms with van der Waals surface area (Å²) in [6.45, 7) is 8.54. The van der Waals surface area contributed by atoms with Crippen molar-refractivity contribution in [1.82, 2.24) is 5.43 Å². The molecule has 0 radical (unpaired) electrons. The van der Waals surface area contributed by atoms with E-state index in [1.54, 1.807) is 0 Å². The minimum Gasteiger partial charge on any atom is -0.375 e. The minimum atomic E-state index is 0.219. The summed E-state index contributed by atoms with van der Waals surface area (Å²) in [6.07, 6.45) is 1.13. The van der Waals surface area contributed by atoms with Gasteiger partial charge in [-0.1, -0.05) is 20.8 Å². The molecule has 13 heavy (non-hydrogen) atoms. The topological polar surface area (TPSA) is 50.4 Å². The van der Waals surface area contributed by atoms with Gasteiger partial charge in [-0.2, -0.15) is 5.10 Å². The molecule has 0 heterocycles. The molecule has 0 fully saturated rings. The van der Waals surface area contributed by atoms with Crippen LogP contribution in [0.2, 0.25) is 0 Å². The Morgan fingerprint density at radius 1 is 1.46 bits per heavy atom. The Hall–Kier alpha value is -0.640. The maximum atomic E-state index is 5.26. The number of hydrogen-bond acceptors (Lipinski definition) is 2. The first kappa shape index (κ1) is 12.4. The van der Waals surface area contributed by atoms with Crippen LogP contribution in [-0.2, 0) is 0 Å². The fourth-order valence-electron chi connectivity index (χ4n) is 1.13. The van der Waals surface area contributed by atoms with E-state index >= 15 is 0 Å². The Morgan fingerprint density at radius 3 is 2.38 bits per heavy atom. The normalized spacial score (nSPS) is 14.4. The quantitative estimate of drug-likeness (QED) is 0.415. The SMILES string of the molecule is C/C(=N/NC(N)=S)C(C)CC(C)C. The number of hydrazone groups is 1. The number of thiocarbonyl (C=S) groups is 1. The highest BCUT2D eigenvalue weighted by atomic mass is 32.1. The lowest BCUT2D eigenvalue weighted by Gasteiger charge is -2.13. The van der Waals surface area contributed by atoms with Gasteiger partial charge in [-0.25, -0.2) is 0 Å². The van der Waals surface area contributed by atoms with Crippen molar-refractivity contribution in [2.45, 2.75) is 34.1 Å². The van der Waals surface area contributed by atoms with Gasteiger partial charge in [0.25, 0.3) is 0 Å². The van der Waals surface area contributed by atoms with Crippen LogP contribution < -0.4 is 11.2 Å². The van der Waals surface area contributed by atoms with Crippen LogP contribution in [0.15, 0.2) is 5.10 Å². The number of nitrogens with one attached hydrogen (secondary N) is 1. The van der Waals surface area contributed by atoms with Crippen LogP contribution in [0.4, 0.5) is 0 Å². The Kier molecular flexibility index (Phi) is 5.62. The van der Waals surface area contributed by atoms with Crippen molar-refractivity contribution in [1.29, 1.82) is 0 Å². The minimum absolute atomic E-state index is 0.219. The van der Waals surface area contributed by atoms with Crippen molar-refractivity contribution in [2.24, 2.45) is 22.7 Å². The maximum absolute atomic E-state index is 5.26. The second kappa shape index (κ2) is 5.91. The van der Waals surface area contributed by atoms with E-state index in [4.69, 9.17) is 5.73 Å². The van der Waals surface area contributed by atoms with E-state index < -0.39 is 0 Å². The highest BCUT2D eigenvalue weighted by Crippen LogP contribution is 2.12. The second-order valence-corrected chi connectivity index (χ2v) is 4.20. The molecule has 0 saturated heterocycles. The van der Waals surface area contributed by atoms with Crippen molar-refractivity contribution in [2.75, 3.05) is 0 Å². The van der Waals surface area contributed by atoms with Gasteiger partial charge in [-0.15, -0.1) is 0 Å². The third-order valence-electron chi connectivity index (χ3n) is 1.88. The first-order valence-corrected chi connectivity index (χ1v) is 4.94. The summed E-state index contributed by atoms with van der Waals surface area (Å²) in [4.78, 5) is 0. The Labute approximate surface area is 85.8 Å². The summed E-state index contributed by atoms with van der Waals surface area (Å²) in [5.74, 6) is 1.16. The second-order valence-electron chi connectivity index (χ2n) is 3.76. The Morgan fingerprint density at radius 2 is 2.00 bits per heavy atom. The van der Waals surface area contributed by atoms with Crippen LogP contribution in [0.25, 0.3) is 0 Å². The van der Waals surface area contributed by atoms with Crippen LogP contribution >= 0.6 is 12.2 Å². The zero-order valence-corrected chi connectivity index (χ0v) is 9.61. The number of nitrogens with two attached hydrogens (primary N) is 1. The summed E-state index contributed by atoms with van der Waals surface area (Å²) < 4.78 is 0. The van der Waals surface area contributed by atoms with Crippen molar-refractivity contribution < 1.29 is 0 Å². The average molecular weight is 201 g/mol. The van der Waals surface area contributed by atoms with E-state index in [0.717, 1.165) is 12.1 Å². The summed E-state index contributed by atoms with van der Waals surface area (Å²) in [5, 5.41) is 4.30. The van der Waals surface area contributed by atoms with E-state index in [-0.39, 0.29) is 5.11 Å². The van der Waals surface area contributed by atoms with Gasteiger partial charge in [0, 0.05) is 5.71 Å². The third kappa shape index (κ3) is 6.51. The van der Waals surface area contributed by atoms with Gasteiger partial charge in [-0.3, -0.25) is 5.43 Å². The molecule has 3 nitrogen and oxygen atoms in total. The summed E-state index contributed by atoms with van der Waals surface area (Å²) in [7, 11) is 0. The molecule has 0 aliphatic rings. The third-order valence-corrected chi connectivity index (χ3v) is 1.97. The molecule has 4 heteroatoms. The van der Waals surface area contributed by atoms with Crippen LogP contribution in [-0.4, -0.2) is 10.8 Å². The van der Waals surface area contributed by atoms with Crippen LogP contribution in [0.3, 0.4) is 0 Å². The summed E-state index contributed by atoms with van der Waals surface area (Å²) >= 11 is 4.65. The number of rotatable bonds is 4. The van der Waals surface area contributed by atoms with Gasteiger partial charge in [0.1, 0.15) is 0 Å². The molecule has 0 aliphatic carbocycles. The largest absolute Gasteiger partial charge is 0.375 e. The molecule has 0 amide bonds. The predicted molar refractivity (Wildman–Crippen MR) is 61.6 cm³/mol. The van der Waals surface area contributed by atoms with E-state index in [0.29, 0.717) is 11.8 Å². The zero-order chi connectivity index (χ0) is 10.4. The van der Waals surface area contributed by atoms with E-state index in [9.17, 15) is 0 Å². The monoisotopic (exact) mass is 201 g/mol. The maximum Gasteiger partial charge on any atom is 0.184 e. The zero-order valence-electron chi connectivity index (χ0n) is 8.79. The highest BCUT2D eigenvalue weighted by Gasteiger charge is 2.07. The van der Waals surface area contributed by atoms with E-state index in [1.807, 2.05) is 6.92 Å². The fraction of sp³-hybridized carbons (Fsp3) is 0.778. The molecule has 0 spiro atoms. The van der Waals surface area contributed by atoms with Gasteiger partial charge < -0.3 is 5.73 Å². The lowest BCUT2D eigenvalue weighted by Crippen LogP contribution is -2.26. The molecule has 0 aliphatic heterocycles. The van der Waals surface area contributed by atoms with Crippen molar-refractivity contribution >= 4 is 23.0 Å². The molecule has 0 aromatic rings. The summed E-state index contributed by atoms with van der Waals surface area (Å²) in [5.41, 5.74) is 8.90. The lowest BCUT2D eigenvalue weighted by molar-refractivity contribution is 0.519. The van der Waals surface area contributed by atoms with Gasteiger partial charge in [-0.05, 0) is 37.4 Å². The van der Waals surface area contributed by atoms with Crippen LogP contribution in [0.1, 0.15) is 34.1 Å². The summed E-state index contributed by atoms with van der Waals surface area (Å²) in [6, 6.07) is 0. The molecular formula is C9H19N3S. The van der Waals surface area contributed by atoms with Gasteiger partial charge in [0.15, 0.2) is 5.11 Å². The smallest absolute Gasteiger partial charge is 0.184 e. The predicted octanol–water partition coefficient (Wildman–Crippen LogP) is 1.88. The molecule has 0 aromatic carbocycles. The molecule has 0 bridgehead atoms. The molecule has 76 valence electrons. The first-order chi connectivity index (χ1) is 5.93. The van der Waals surface area contributed by atoms with Gasteiger partial charge >= 0.3 is 0 Å². The van der Waals surface area contributed by atoms with Crippen LogP contribution in [0.5, 0.6) is 0 Å². The first-order valence-electron chi connectivity index (χ1n) is 4.53. The Bertz CT molecular complexity index is 199. The molecule has 0 rings (SSSR count). The van der Waals surface area contributed by atoms with Crippen molar-refractivity contribution in [3.8, 4) is 0 Å². The molecular weight excluding hydrogens is 182 g/mol. The molecule has 0 saturated carbocycles. The lowest BCUT2D eigenvalue weighted by atomic mass is 9.95. The van der Waals surface area contributed by atoms with E-state index in [1.165, 1.54) is 0 Å². The average Bonchev–Trinajstić information content (AvgIpc) is 1.98. The van der Waals surface area contributed by atoms with Gasteiger partial charge in [0.05, 0.1) is 0 Å². The molecule has 1 unspecified atom stereocenters. The Balaban J connectivity index is 4.00. The highest BCUT2D eigenvalue weighted by molar-refractivity contribution is 7.80. The molecule has 0 aromatic heterocycles. The van der Waals surface area contributed by atoms with Gasteiger partial charge in [0.2, 0.25) is 0 Å². The van der Waals surface area contributed by atoms with Crippen molar-refractivity contribution in [3.05, 3.63) is 0 Å². The van der Waals surface area contributed by atoms with Crippen molar-refractivity contribution in [3.63, 3.8) is 0 Å².